The molecule has 3 aliphatic heterocycles. The summed E-state index contributed by atoms with van der Waals surface area (Å²) >= 11 is 6.78. The summed E-state index contributed by atoms with van der Waals surface area (Å²) in [4.78, 5) is 137. The molecule has 1 unspecified atom stereocenters. The number of carbonyl (C=O) groups is 10. The van der Waals surface area contributed by atoms with Gasteiger partial charge < -0.3 is 68.9 Å². The van der Waals surface area contributed by atoms with Crippen molar-refractivity contribution in [3.8, 4) is 5.75 Å². The molecule has 27 heteroatoms. The summed E-state index contributed by atoms with van der Waals surface area (Å²) in [6, 6.07) is 6.10. The predicted octanol–water partition coefficient (Wildman–Crippen LogP) is 6.06. The number of anilines is 1. The van der Waals surface area contributed by atoms with E-state index in [0.717, 1.165) is 65.2 Å². The van der Waals surface area contributed by atoms with E-state index in [1.165, 1.54) is 64.2 Å². The fourth-order valence-electron chi connectivity index (χ4n) is 11.1. The lowest BCUT2D eigenvalue weighted by molar-refractivity contribution is -0.162. The Balaban J connectivity index is 0.917. The van der Waals surface area contributed by atoms with Gasteiger partial charge in [0.2, 0.25) is 5.91 Å². The van der Waals surface area contributed by atoms with Crippen LogP contribution in [0.4, 0.5) is 24.9 Å². The smallest absolute Gasteiger partial charge is 0.409 e. The van der Waals surface area contributed by atoms with Crippen molar-refractivity contribution < 1.29 is 86.2 Å². The highest BCUT2D eigenvalue weighted by Gasteiger charge is 2.64. The number of likely N-dealkylation sites (N-methyl/N-ethyl adjacent to an activating group) is 3. The van der Waals surface area contributed by atoms with Gasteiger partial charge in [-0.2, -0.15) is 0 Å². The highest BCUT2D eigenvalue weighted by atomic mass is 35.5. The van der Waals surface area contributed by atoms with Gasteiger partial charge in [0.1, 0.15) is 54.7 Å². The molecule has 2 saturated heterocycles. The second kappa shape index (κ2) is 31.6. The van der Waals surface area contributed by atoms with Crippen molar-refractivity contribution in [3.05, 3.63) is 106 Å². The van der Waals surface area contributed by atoms with Crippen LogP contribution in [0.2, 0.25) is 5.02 Å². The van der Waals surface area contributed by atoms with Crippen molar-refractivity contribution in [3.63, 3.8) is 0 Å². The minimum Gasteiger partial charge on any atom is -0.495 e. The Morgan fingerprint density at radius 1 is 0.934 bits per heavy atom. The number of esters is 1. The second-order valence-corrected chi connectivity index (χ2v) is 24.0. The summed E-state index contributed by atoms with van der Waals surface area (Å²) < 4.78 is 40.3. The highest BCUT2D eigenvalue weighted by molar-refractivity contribution is 6.33. The number of rotatable bonds is 19. The molecule has 494 valence electrons. The van der Waals surface area contributed by atoms with Gasteiger partial charge in [-0.15, -0.1) is 0 Å². The highest BCUT2D eigenvalue weighted by Crippen LogP contribution is 2.49. The van der Waals surface area contributed by atoms with E-state index in [1.54, 1.807) is 44.2 Å². The van der Waals surface area contributed by atoms with E-state index >= 15 is 0 Å². The average Bonchev–Trinajstić information content (AvgIpc) is 1.60. The minimum atomic E-state index is -1.90. The number of nitrogens with one attached hydrogen (secondary N) is 4. The van der Waals surface area contributed by atoms with Crippen LogP contribution in [0.1, 0.15) is 106 Å². The number of amides is 9. The monoisotopic (exact) mass is 1290 g/mol. The molecule has 7 rings (SSSR count). The molecule has 2 aliphatic carbocycles. The number of halogens is 1. The molecule has 2 aromatic carbocycles. The number of epoxide rings is 1. The normalized spacial score (nSPS) is 25.7. The first kappa shape index (κ1) is 70.1. The molecule has 3 heterocycles. The maximum absolute atomic E-state index is 14.2. The summed E-state index contributed by atoms with van der Waals surface area (Å²) in [6.45, 7) is 5.84. The number of ether oxygens (including phenoxy) is 7. The third kappa shape index (κ3) is 18.7. The molecule has 0 saturated carbocycles. The quantitative estimate of drug-likeness (QED) is 0.0351. The number of Topliss-reactive ketones (excluding diaryl/α,β-unsaturated/α-hetero) is 1. The number of hydrogen-bond donors (Lipinski definition) is 5. The van der Waals surface area contributed by atoms with Gasteiger partial charge in [0.25, 0.3) is 17.7 Å². The van der Waals surface area contributed by atoms with Crippen LogP contribution in [0.3, 0.4) is 0 Å². The molecular weight excluding hydrogens is 1200 g/mol. The van der Waals surface area contributed by atoms with Gasteiger partial charge in [0.05, 0.1) is 35.9 Å². The molecule has 0 radical (unpaired) electrons. The maximum Gasteiger partial charge on any atom is 0.409 e. The lowest BCUT2D eigenvalue weighted by Gasteiger charge is -2.42. The van der Waals surface area contributed by atoms with E-state index in [9.17, 15) is 53.1 Å². The molecule has 0 aromatic heterocycles. The molecule has 4 bridgehead atoms. The molecule has 5 N–H and O–H groups in total. The zero-order chi connectivity index (χ0) is 66.3. The topological polar surface area (TPSA) is 320 Å². The largest absolute Gasteiger partial charge is 0.495 e. The Labute approximate surface area is 533 Å². The molecule has 5 aliphatic rings. The van der Waals surface area contributed by atoms with E-state index in [-0.39, 0.29) is 93.2 Å². The average molecular weight is 1290 g/mol. The Hall–Kier alpha value is -8.33. The molecule has 9 amide bonds. The first-order valence-corrected chi connectivity index (χ1v) is 30.6. The SMILES string of the molecule is COc1cc2cc(c1Cl)CC(=O)C[C@H](OC(=O)[C@H](C)N(C)C(=O)CCOC(=O)N(C)CCN(C)C(=O)OCc1ccc(NC(=O)NC3/C=C/CCCCC3)c(C(=O)NCCN3C(=O)C=CC3=O)c1)[C@]1(C)O[C@H]1[C@H](C)[C@@H]1C[C@@](O)(NC(=O)O1)[C@H](OC)/C=C/C=C(\C)C2. The number of alkyl carbamates (subject to hydrolysis) is 1. The number of nitrogens with zero attached hydrogens (tertiary/aromatic N) is 4. The molecular formula is C64H83ClN8O18. The second-order valence-electron chi connectivity index (χ2n) is 23.6. The van der Waals surface area contributed by atoms with E-state index in [1.807, 2.05) is 25.2 Å². The third-order valence-corrected chi connectivity index (χ3v) is 17.2. The Morgan fingerprint density at radius 3 is 2.35 bits per heavy atom. The van der Waals surface area contributed by atoms with Crippen LogP contribution in [0.25, 0.3) is 0 Å². The van der Waals surface area contributed by atoms with Crippen LogP contribution >= 0.6 is 11.6 Å². The predicted molar refractivity (Wildman–Crippen MR) is 330 cm³/mol. The van der Waals surface area contributed by atoms with E-state index in [2.05, 4.69) is 21.3 Å². The summed E-state index contributed by atoms with van der Waals surface area (Å²) in [7, 11) is 7.10. The van der Waals surface area contributed by atoms with Crippen molar-refractivity contribution in [1.82, 2.24) is 35.6 Å². The van der Waals surface area contributed by atoms with Crippen LogP contribution in [0.15, 0.2) is 78.4 Å². The van der Waals surface area contributed by atoms with Gasteiger partial charge in [-0.3, -0.25) is 34.2 Å². The van der Waals surface area contributed by atoms with Gasteiger partial charge in [0.15, 0.2) is 5.72 Å². The maximum atomic E-state index is 14.2. The molecule has 2 fully saturated rings. The van der Waals surface area contributed by atoms with Crippen molar-refractivity contribution in [2.75, 3.05) is 73.5 Å². The number of carbonyl (C=O) groups excluding carboxylic acids is 10. The van der Waals surface area contributed by atoms with Crippen LogP contribution in [-0.2, 0) is 71.8 Å². The number of aliphatic hydroxyl groups is 1. The zero-order valence-electron chi connectivity index (χ0n) is 52.8. The van der Waals surface area contributed by atoms with Crippen LogP contribution in [0, 0.1) is 5.92 Å². The van der Waals surface area contributed by atoms with Crippen molar-refractivity contribution in [2.45, 2.75) is 146 Å². The fraction of sp³-hybridized carbons (Fsp3) is 0.531. The van der Waals surface area contributed by atoms with Gasteiger partial charge in [-0.25, -0.2) is 24.0 Å². The minimum absolute atomic E-state index is 0.0177. The lowest BCUT2D eigenvalue weighted by atomic mass is 9.83. The Bertz CT molecular complexity index is 3190. The van der Waals surface area contributed by atoms with Crippen LogP contribution < -0.4 is 26.0 Å². The standard InChI is InChI=1S/C64H83ClN8O18/c1-38-16-15-19-50(86-9)64(84)36-49(89-60(81)69-64)39(2)56-63(4,91-56)51(35-45(74)34-43-31-42(30-38)33-48(85-8)55(43)65)90-58(79)40(3)72(7)52(75)24-29-87-61(82)70(5)27-28-71(6)62(83)88-37-41-20-21-47(68-59(80)67-44-17-13-11-10-12-14-18-44)46(32-41)57(78)66-25-26-73-53(76)22-23-54(73)77/h13,15-17,19-23,31-33,39-40,44,49-51,56,84H,10-12,14,18,24-30,34-37H2,1-9H3,(H,66,78)(H,69,81)(H2,67,68,80)/b17-13+,19-15+,38-16+/t39-,40+,44?,49+,50-,51+,56+,63+,64+/m1/s1. The van der Waals surface area contributed by atoms with E-state index in [0.29, 0.717) is 23.3 Å². The van der Waals surface area contributed by atoms with Gasteiger partial charge >= 0.3 is 30.3 Å². The van der Waals surface area contributed by atoms with E-state index in [4.69, 9.17) is 44.8 Å². The Kier molecular flexibility index (Phi) is 24.4. The van der Waals surface area contributed by atoms with Crippen molar-refractivity contribution >= 4 is 77.0 Å². The van der Waals surface area contributed by atoms with Crippen LogP contribution in [-0.4, -0.2) is 200 Å². The number of urea groups is 1. The van der Waals surface area contributed by atoms with Gasteiger partial charge in [-0.05, 0) is 81.3 Å². The molecule has 26 nitrogen and oxygen atoms in total. The number of benzene rings is 2. The Morgan fingerprint density at radius 2 is 1.65 bits per heavy atom. The van der Waals surface area contributed by atoms with Gasteiger partial charge in [-0.1, -0.05) is 79.5 Å². The number of imide groups is 1. The summed E-state index contributed by atoms with van der Waals surface area (Å²) in [5.41, 5.74) is -0.503. The number of hydrogen-bond acceptors (Lipinski definition) is 18. The molecule has 2 aromatic rings. The third-order valence-electron chi connectivity index (χ3n) is 16.8. The number of ketones is 1. The summed E-state index contributed by atoms with van der Waals surface area (Å²) in [6.07, 6.45) is 9.16. The molecule has 9 atom stereocenters. The first-order chi connectivity index (χ1) is 43.2. The van der Waals surface area contributed by atoms with Crippen molar-refractivity contribution in [2.24, 2.45) is 5.92 Å². The van der Waals surface area contributed by atoms with Crippen LogP contribution in [0.5, 0.6) is 5.75 Å². The molecule has 0 spiro atoms. The lowest BCUT2D eigenvalue weighted by Crippen LogP contribution is -2.63. The number of methoxy groups -OCH3 is 2. The molecule has 91 heavy (non-hydrogen) atoms. The van der Waals surface area contributed by atoms with Crippen molar-refractivity contribution in [1.29, 1.82) is 0 Å². The summed E-state index contributed by atoms with van der Waals surface area (Å²) in [5.74, 6) is -3.75. The van der Waals surface area contributed by atoms with Gasteiger partial charge in [0, 0.05) is 97.8 Å². The zero-order valence-corrected chi connectivity index (χ0v) is 53.6. The first-order valence-electron chi connectivity index (χ1n) is 30.3. The number of fused-ring (bicyclic) bond motifs is 5. The number of allylic oxidation sites excluding steroid dienone is 4. The summed E-state index contributed by atoms with van der Waals surface area (Å²) in [5, 5.41) is 22.9. The van der Waals surface area contributed by atoms with E-state index < -0.39 is 102 Å². The fourth-order valence-corrected chi connectivity index (χ4v) is 11.4.